The Morgan fingerprint density at radius 2 is 1.97 bits per heavy atom. The van der Waals surface area contributed by atoms with Crippen LogP contribution in [0.1, 0.15) is 58.5 Å². The Balaban J connectivity index is 1.80. The number of carbonyl (C=O) groups is 2. The summed E-state index contributed by atoms with van der Waals surface area (Å²) >= 11 is 7.80. The summed E-state index contributed by atoms with van der Waals surface area (Å²) in [6, 6.07) is 7.10. The van der Waals surface area contributed by atoms with Crippen molar-refractivity contribution in [2.75, 3.05) is 6.54 Å². The maximum Gasteiger partial charge on any atom is 0.222 e. The van der Waals surface area contributed by atoms with Gasteiger partial charge >= 0.3 is 0 Å². The summed E-state index contributed by atoms with van der Waals surface area (Å²) in [5, 5.41) is 13.2. The second kappa shape index (κ2) is 9.34. The molecule has 1 aliphatic rings. The molecular formula is C23H24ClN5O2S. The average Bonchev–Trinajstić information content (AvgIpc) is 3.24. The smallest absolute Gasteiger partial charge is 0.222 e. The molecule has 7 nitrogen and oxygen atoms in total. The number of halogens is 1. The Labute approximate surface area is 195 Å². The normalized spacial score (nSPS) is 14.9. The molecule has 4 rings (SSSR count). The Hall–Kier alpha value is -2.84. The molecular weight excluding hydrogens is 446 g/mol. The highest BCUT2D eigenvalue weighted by molar-refractivity contribution is 7.15. The lowest BCUT2D eigenvalue weighted by molar-refractivity contribution is -0.121. The number of carbonyl (C=O) groups excluding carboxylic acids is 2. The van der Waals surface area contributed by atoms with Crippen molar-refractivity contribution in [3.05, 3.63) is 62.5 Å². The Bertz CT molecular complexity index is 1200. The van der Waals surface area contributed by atoms with Gasteiger partial charge in [0.05, 0.1) is 12.1 Å². The minimum atomic E-state index is -0.493. The maximum absolute atomic E-state index is 12.7. The number of fused-ring (bicyclic) bond motifs is 3. The number of hydrogen-bond donors (Lipinski definition) is 1. The molecule has 0 radical (unpaired) electrons. The van der Waals surface area contributed by atoms with E-state index < -0.39 is 6.04 Å². The van der Waals surface area contributed by atoms with Crippen LogP contribution in [0.5, 0.6) is 0 Å². The minimum absolute atomic E-state index is 0.134. The zero-order valence-corrected chi connectivity index (χ0v) is 19.8. The summed E-state index contributed by atoms with van der Waals surface area (Å²) in [6.45, 7) is 6.55. The van der Waals surface area contributed by atoms with Gasteiger partial charge in [0, 0.05) is 34.0 Å². The Morgan fingerprint density at radius 1 is 1.22 bits per heavy atom. The summed E-state index contributed by atoms with van der Waals surface area (Å²) in [5.74, 6) is 1.27. The van der Waals surface area contributed by atoms with Crippen molar-refractivity contribution < 1.29 is 9.59 Å². The van der Waals surface area contributed by atoms with Crippen LogP contribution in [0.15, 0.2) is 29.3 Å². The fourth-order valence-electron chi connectivity index (χ4n) is 3.79. The molecule has 9 heteroatoms. The van der Waals surface area contributed by atoms with E-state index in [0.717, 1.165) is 39.5 Å². The van der Waals surface area contributed by atoms with E-state index in [1.807, 2.05) is 35.8 Å². The summed E-state index contributed by atoms with van der Waals surface area (Å²) in [5.41, 5.74) is 3.94. The predicted molar refractivity (Wildman–Crippen MR) is 126 cm³/mol. The molecule has 0 spiro atoms. The molecule has 166 valence electrons. The molecule has 0 saturated carbocycles. The van der Waals surface area contributed by atoms with Crippen LogP contribution in [0.4, 0.5) is 0 Å². The molecule has 2 aromatic heterocycles. The Morgan fingerprint density at radius 3 is 2.69 bits per heavy atom. The van der Waals surface area contributed by atoms with Gasteiger partial charge in [0.25, 0.3) is 0 Å². The third-order valence-electron chi connectivity index (χ3n) is 5.56. The van der Waals surface area contributed by atoms with E-state index in [2.05, 4.69) is 29.4 Å². The van der Waals surface area contributed by atoms with E-state index in [-0.39, 0.29) is 12.3 Å². The lowest BCUT2D eigenvalue weighted by Crippen LogP contribution is -2.26. The van der Waals surface area contributed by atoms with E-state index in [9.17, 15) is 9.59 Å². The topological polar surface area (TPSA) is 89.2 Å². The van der Waals surface area contributed by atoms with Crippen molar-refractivity contribution in [1.29, 1.82) is 0 Å². The molecule has 32 heavy (non-hydrogen) atoms. The number of amides is 1. The molecule has 0 aliphatic carbocycles. The molecule has 1 atom stereocenters. The fourth-order valence-corrected chi connectivity index (χ4v) is 5.13. The van der Waals surface area contributed by atoms with E-state index in [1.165, 1.54) is 4.88 Å². The van der Waals surface area contributed by atoms with Crippen LogP contribution in [0.2, 0.25) is 5.02 Å². The number of benzene rings is 1. The number of nitrogens with one attached hydrogen (secondary N) is 1. The number of aromatic nitrogens is 3. The summed E-state index contributed by atoms with van der Waals surface area (Å²) in [6.07, 6.45) is 2.04. The first-order valence-electron chi connectivity index (χ1n) is 10.5. The summed E-state index contributed by atoms with van der Waals surface area (Å²) < 4.78 is 2.02. The van der Waals surface area contributed by atoms with Gasteiger partial charge < -0.3 is 10.1 Å². The lowest BCUT2D eigenvalue weighted by Gasteiger charge is -2.13. The number of aryl methyl sites for hydroxylation is 2. The van der Waals surface area contributed by atoms with Gasteiger partial charge in [-0.15, -0.1) is 21.5 Å². The molecule has 3 aromatic rings. The number of hydrogen-bond acceptors (Lipinski definition) is 6. The number of aldehydes is 1. The van der Waals surface area contributed by atoms with E-state index in [4.69, 9.17) is 16.6 Å². The largest absolute Gasteiger partial charge is 0.356 e. The van der Waals surface area contributed by atoms with Gasteiger partial charge in [-0.05, 0) is 44.9 Å². The van der Waals surface area contributed by atoms with E-state index in [0.29, 0.717) is 30.2 Å². The summed E-state index contributed by atoms with van der Waals surface area (Å²) in [4.78, 5) is 29.5. The predicted octanol–water partition coefficient (Wildman–Crippen LogP) is 4.28. The number of unbranched alkanes of at least 4 members (excludes halogenated alkanes) is 1. The van der Waals surface area contributed by atoms with E-state index in [1.54, 1.807) is 11.3 Å². The maximum atomic E-state index is 12.7. The highest BCUT2D eigenvalue weighted by Crippen LogP contribution is 2.39. The molecule has 1 aromatic carbocycles. The molecule has 1 N–H and O–H groups in total. The molecule has 0 unspecified atom stereocenters. The zero-order chi connectivity index (χ0) is 22.8. The standard InChI is InChI=1S/C23H24ClN5O2S/c1-13-14(2)32-23-20(13)21(16-6-8-17(24)9-7-16)26-18(22-28-27-15(3)29(22)23)12-19(31)25-10-4-5-11-30/h6-9,11,18H,4-5,10,12H2,1-3H3,(H,25,31)/t18-/m0/s1. The van der Waals surface area contributed by atoms with Crippen molar-refractivity contribution in [2.24, 2.45) is 4.99 Å². The van der Waals surface area contributed by atoms with Gasteiger partial charge in [-0.1, -0.05) is 23.7 Å². The van der Waals surface area contributed by atoms with Crippen molar-refractivity contribution in [2.45, 2.75) is 46.1 Å². The van der Waals surface area contributed by atoms with Crippen LogP contribution in [0.3, 0.4) is 0 Å². The second-order valence-corrected chi connectivity index (χ2v) is 9.41. The van der Waals surface area contributed by atoms with Crippen LogP contribution >= 0.6 is 22.9 Å². The highest BCUT2D eigenvalue weighted by atomic mass is 35.5. The number of nitrogens with zero attached hydrogens (tertiary/aromatic N) is 4. The van der Waals surface area contributed by atoms with E-state index >= 15 is 0 Å². The Kier molecular flexibility index (Phi) is 6.53. The molecule has 1 aliphatic heterocycles. The zero-order valence-electron chi connectivity index (χ0n) is 18.2. The minimum Gasteiger partial charge on any atom is -0.356 e. The van der Waals surface area contributed by atoms with Gasteiger partial charge in [0.15, 0.2) is 5.82 Å². The van der Waals surface area contributed by atoms with Gasteiger partial charge in [-0.25, -0.2) is 0 Å². The quantitative estimate of drug-likeness (QED) is 0.413. The highest BCUT2D eigenvalue weighted by Gasteiger charge is 2.32. The molecule has 0 fully saturated rings. The van der Waals surface area contributed by atoms with Gasteiger partial charge in [0.2, 0.25) is 5.91 Å². The van der Waals surface area contributed by atoms with Gasteiger partial charge in [-0.2, -0.15) is 0 Å². The molecule has 3 heterocycles. The van der Waals surface area contributed by atoms with Crippen LogP contribution in [0, 0.1) is 20.8 Å². The molecule has 0 bridgehead atoms. The van der Waals surface area contributed by atoms with Crippen LogP contribution in [-0.4, -0.2) is 39.2 Å². The van der Waals surface area contributed by atoms with Crippen LogP contribution < -0.4 is 5.32 Å². The number of rotatable bonds is 7. The van der Waals surface area contributed by atoms with Crippen molar-refractivity contribution in [3.8, 4) is 5.00 Å². The molecule has 0 saturated heterocycles. The second-order valence-electron chi connectivity index (χ2n) is 7.77. The average molecular weight is 470 g/mol. The number of thiophene rings is 1. The van der Waals surface area contributed by atoms with Crippen LogP contribution in [-0.2, 0) is 9.59 Å². The first-order valence-corrected chi connectivity index (χ1v) is 11.7. The van der Waals surface area contributed by atoms with Crippen LogP contribution in [0.25, 0.3) is 5.00 Å². The SMILES string of the molecule is Cc1sc2c(c1C)C(c1ccc(Cl)cc1)=N[C@@H](CC(=O)NCCCC=O)c1nnc(C)n1-2. The fraction of sp³-hybridized carbons (Fsp3) is 0.348. The van der Waals surface area contributed by atoms with Crippen molar-refractivity contribution in [3.63, 3.8) is 0 Å². The van der Waals surface area contributed by atoms with Crippen molar-refractivity contribution in [1.82, 2.24) is 20.1 Å². The van der Waals surface area contributed by atoms with Gasteiger partial charge in [-0.3, -0.25) is 14.4 Å². The van der Waals surface area contributed by atoms with Crippen molar-refractivity contribution >= 4 is 40.8 Å². The third kappa shape index (κ3) is 4.25. The first kappa shape index (κ1) is 22.4. The third-order valence-corrected chi connectivity index (χ3v) is 7.00. The first-order chi connectivity index (χ1) is 15.4. The van der Waals surface area contributed by atoms with Gasteiger partial charge in [0.1, 0.15) is 23.2 Å². The monoisotopic (exact) mass is 469 g/mol. The number of aliphatic imine (C=N–C) groups is 1. The summed E-state index contributed by atoms with van der Waals surface area (Å²) in [7, 11) is 0. The molecule has 1 amide bonds. The lowest BCUT2D eigenvalue weighted by atomic mass is 9.99.